The van der Waals surface area contributed by atoms with Gasteiger partial charge in [0.2, 0.25) is 5.91 Å². The summed E-state index contributed by atoms with van der Waals surface area (Å²) in [6, 6.07) is 19.2. The number of nitrogens with zero attached hydrogens (tertiary/aromatic N) is 1. The zero-order valence-electron chi connectivity index (χ0n) is 23.7. The second kappa shape index (κ2) is 14.2. The molecule has 2 aliphatic heterocycles. The highest BCUT2D eigenvalue weighted by molar-refractivity contribution is 5.94. The molecule has 3 aromatic rings. The van der Waals surface area contributed by atoms with E-state index in [2.05, 4.69) is 52.7 Å². The number of amides is 1. The Morgan fingerprint density at radius 1 is 1.00 bits per heavy atom. The van der Waals surface area contributed by atoms with Gasteiger partial charge in [-0.3, -0.25) is 9.69 Å². The van der Waals surface area contributed by atoms with Crippen molar-refractivity contribution in [3.8, 4) is 11.5 Å². The van der Waals surface area contributed by atoms with Crippen LogP contribution in [-0.4, -0.2) is 55.4 Å². The molecule has 40 heavy (non-hydrogen) atoms. The van der Waals surface area contributed by atoms with Crippen molar-refractivity contribution < 1.29 is 19.4 Å². The predicted octanol–water partition coefficient (Wildman–Crippen LogP) is 6.41. The molecule has 0 bridgehead atoms. The number of aliphatic hydroxyl groups excluding tert-OH is 1. The van der Waals surface area contributed by atoms with Crippen LogP contribution in [0.25, 0.3) is 10.8 Å². The van der Waals surface area contributed by atoms with E-state index >= 15 is 0 Å². The molecule has 3 unspecified atom stereocenters. The summed E-state index contributed by atoms with van der Waals surface area (Å²) in [6.45, 7) is 1.73. The summed E-state index contributed by atoms with van der Waals surface area (Å²) in [5.41, 5.74) is 3.23. The number of aliphatic hydroxyl groups is 1. The largest absolute Gasteiger partial charge is 0.493 e. The van der Waals surface area contributed by atoms with E-state index in [4.69, 9.17) is 9.47 Å². The minimum Gasteiger partial charge on any atom is -0.493 e. The van der Waals surface area contributed by atoms with Gasteiger partial charge in [-0.05, 0) is 85.9 Å². The highest BCUT2D eigenvalue weighted by Gasteiger charge is 2.29. The number of halogens is 1. The van der Waals surface area contributed by atoms with E-state index in [1.165, 1.54) is 29.2 Å². The van der Waals surface area contributed by atoms with Gasteiger partial charge in [0.05, 0.1) is 20.3 Å². The van der Waals surface area contributed by atoms with Gasteiger partial charge in [0.25, 0.3) is 0 Å². The fourth-order valence-electron chi connectivity index (χ4n) is 6.43. The first-order valence-corrected chi connectivity index (χ1v) is 14.5. The smallest absolute Gasteiger partial charge is 0.227 e. The maximum atomic E-state index is 13.1. The quantitative estimate of drug-likeness (QED) is 0.297. The van der Waals surface area contributed by atoms with Crippen molar-refractivity contribution in [1.29, 1.82) is 0 Å². The van der Waals surface area contributed by atoms with Crippen LogP contribution in [0.1, 0.15) is 56.1 Å². The maximum absolute atomic E-state index is 13.1. The first kappa shape index (κ1) is 30.2. The Kier molecular flexibility index (Phi) is 10.7. The van der Waals surface area contributed by atoms with Crippen LogP contribution in [0.5, 0.6) is 11.5 Å². The van der Waals surface area contributed by atoms with Crippen LogP contribution in [-0.2, 0) is 17.6 Å². The highest BCUT2D eigenvalue weighted by atomic mass is 35.5. The number of fused-ring (bicyclic) bond motifs is 2. The molecule has 3 aromatic carbocycles. The summed E-state index contributed by atoms with van der Waals surface area (Å²) >= 11 is 0. The standard InChI is InChI=1S/C33H42N2O4.ClH/c1-38-31-20-26-14-13-25(33(37)34-30(26)21-32(31)39-2)15-17-27-11-5-6-19-35(27)22-28(36)18-16-24-10-7-9-23-8-3-4-12-29(23)24;/h3-4,7-10,12,20-21,25,27-28,36H,5-6,11,13-19,22H2,1-2H3,(H,34,37);1H. The molecular weight excluding hydrogens is 524 g/mol. The number of hydrogen-bond donors (Lipinski definition) is 2. The van der Waals surface area contributed by atoms with Crippen LogP contribution in [0.4, 0.5) is 5.69 Å². The van der Waals surface area contributed by atoms with Crippen LogP contribution in [0.15, 0.2) is 54.6 Å². The summed E-state index contributed by atoms with van der Waals surface area (Å²) in [7, 11) is 3.25. The number of nitrogens with one attached hydrogen (secondary N) is 1. The molecule has 0 aromatic heterocycles. The molecule has 0 saturated carbocycles. The molecule has 2 N–H and O–H groups in total. The lowest BCUT2D eigenvalue weighted by atomic mass is 9.90. The third-order valence-corrected chi connectivity index (χ3v) is 8.67. The lowest BCUT2D eigenvalue weighted by Crippen LogP contribution is -2.44. The SMILES string of the molecule is COc1cc2c(cc1OC)NC(=O)C(CCC1CCCCN1CC(O)CCc1cccc3ccccc13)CC2.Cl. The number of β-amino-alcohol motifs (C(OH)–C–C–N with tert-alkyl or cyclic N) is 1. The molecule has 2 aliphatic rings. The number of anilines is 1. The molecule has 7 heteroatoms. The molecule has 0 aliphatic carbocycles. The first-order chi connectivity index (χ1) is 19.1. The number of carbonyl (C=O) groups excluding carboxylic acids is 1. The summed E-state index contributed by atoms with van der Waals surface area (Å²) in [5, 5.41) is 16.7. The van der Waals surface area contributed by atoms with E-state index < -0.39 is 0 Å². The number of hydrogen-bond acceptors (Lipinski definition) is 5. The Hall–Kier alpha value is -2.80. The summed E-state index contributed by atoms with van der Waals surface area (Å²) in [4.78, 5) is 15.6. The molecule has 2 heterocycles. The van der Waals surface area contributed by atoms with Crippen molar-refractivity contribution in [2.45, 2.75) is 69.9 Å². The van der Waals surface area contributed by atoms with E-state index in [0.29, 0.717) is 24.1 Å². The van der Waals surface area contributed by atoms with Crippen LogP contribution >= 0.6 is 12.4 Å². The van der Waals surface area contributed by atoms with Crippen molar-refractivity contribution in [2.24, 2.45) is 5.92 Å². The van der Waals surface area contributed by atoms with E-state index in [-0.39, 0.29) is 30.3 Å². The number of rotatable bonds is 10. The van der Waals surface area contributed by atoms with Crippen LogP contribution in [0.2, 0.25) is 0 Å². The fourth-order valence-corrected chi connectivity index (χ4v) is 6.43. The number of aryl methyl sites for hydroxylation is 2. The average Bonchev–Trinajstić information content (AvgIpc) is 3.12. The second-order valence-electron chi connectivity index (χ2n) is 11.1. The first-order valence-electron chi connectivity index (χ1n) is 14.5. The number of methoxy groups -OCH3 is 2. The highest BCUT2D eigenvalue weighted by Crippen LogP contribution is 2.37. The van der Waals surface area contributed by atoms with E-state index in [0.717, 1.165) is 62.7 Å². The number of ether oxygens (including phenoxy) is 2. The number of carbonyl (C=O) groups is 1. The van der Waals surface area contributed by atoms with Gasteiger partial charge in [-0.25, -0.2) is 0 Å². The Bertz CT molecular complexity index is 1280. The molecule has 1 saturated heterocycles. The van der Waals surface area contributed by atoms with Crippen LogP contribution < -0.4 is 14.8 Å². The van der Waals surface area contributed by atoms with E-state index in [1.807, 2.05) is 12.1 Å². The number of likely N-dealkylation sites (tertiary alicyclic amines) is 1. The second-order valence-corrected chi connectivity index (χ2v) is 11.1. The molecule has 1 amide bonds. The van der Waals surface area contributed by atoms with Crippen molar-refractivity contribution in [1.82, 2.24) is 4.90 Å². The molecule has 1 fully saturated rings. The van der Waals surface area contributed by atoms with E-state index in [9.17, 15) is 9.90 Å². The monoisotopic (exact) mass is 566 g/mol. The minimum absolute atomic E-state index is 0. The van der Waals surface area contributed by atoms with Gasteiger partial charge in [-0.15, -0.1) is 12.4 Å². The number of piperidine rings is 1. The fraction of sp³-hybridized carbons (Fsp3) is 0.485. The minimum atomic E-state index is -0.356. The van der Waals surface area contributed by atoms with Gasteiger partial charge in [-0.2, -0.15) is 0 Å². The van der Waals surface area contributed by atoms with Crippen LogP contribution in [0.3, 0.4) is 0 Å². The maximum Gasteiger partial charge on any atom is 0.227 e. The molecule has 6 nitrogen and oxygen atoms in total. The van der Waals surface area contributed by atoms with Crippen LogP contribution in [0, 0.1) is 5.92 Å². The molecule has 5 rings (SSSR count). The Balaban J connectivity index is 0.00000370. The summed E-state index contributed by atoms with van der Waals surface area (Å²) in [6.07, 6.45) is 8.31. The van der Waals surface area contributed by atoms with E-state index in [1.54, 1.807) is 14.2 Å². The number of benzene rings is 3. The van der Waals surface area contributed by atoms with Gasteiger partial charge < -0.3 is 19.9 Å². The Morgan fingerprint density at radius 3 is 2.60 bits per heavy atom. The molecular formula is C33H43ClN2O4. The normalized spacial score (nSPS) is 20.1. The van der Waals surface area contributed by atoms with Crippen molar-refractivity contribution in [2.75, 3.05) is 32.6 Å². The predicted molar refractivity (Wildman–Crippen MR) is 164 cm³/mol. The molecule has 0 spiro atoms. The van der Waals surface area contributed by atoms with Gasteiger partial charge >= 0.3 is 0 Å². The molecule has 0 radical (unpaired) electrons. The third kappa shape index (κ3) is 7.09. The van der Waals surface area contributed by atoms with Gasteiger partial charge in [-0.1, -0.05) is 48.9 Å². The zero-order chi connectivity index (χ0) is 27.2. The topological polar surface area (TPSA) is 71.0 Å². The van der Waals surface area contributed by atoms with Crippen molar-refractivity contribution >= 4 is 34.8 Å². The average molecular weight is 567 g/mol. The third-order valence-electron chi connectivity index (χ3n) is 8.67. The summed E-state index contributed by atoms with van der Waals surface area (Å²) < 4.78 is 10.9. The lowest BCUT2D eigenvalue weighted by Gasteiger charge is -2.37. The Morgan fingerprint density at radius 2 is 1.77 bits per heavy atom. The molecule has 216 valence electrons. The molecule has 3 atom stereocenters. The van der Waals surface area contributed by atoms with Crippen molar-refractivity contribution in [3.63, 3.8) is 0 Å². The van der Waals surface area contributed by atoms with Gasteiger partial charge in [0.1, 0.15) is 0 Å². The van der Waals surface area contributed by atoms with Gasteiger partial charge in [0, 0.05) is 30.3 Å². The summed E-state index contributed by atoms with van der Waals surface area (Å²) in [5.74, 6) is 1.40. The lowest BCUT2D eigenvalue weighted by molar-refractivity contribution is -0.120. The Labute approximate surface area is 244 Å². The zero-order valence-corrected chi connectivity index (χ0v) is 24.6. The van der Waals surface area contributed by atoms with Gasteiger partial charge in [0.15, 0.2) is 11.5 Å². The van der Waals surface area contributed by atoms with Crippen molar-refractivity contribution in [3.05, 3.63) is 65.7 Å².